The van der Waals surface area contributed by atoms with E-state index in [-0.39, 0.29) is 25.8 Å². The first-order valence-electron chi connectivity index (χ1n) is 14.6. The number of aliphatic hydroxyl groups is 1. The van der Waals surface area contributed by atoms with Crippen LogP contribution >= 0.6 is 0 Å². The largest absolute Gasteiger partial charge is 0.394 e. The molecule has 0 aromatic carbocycles. The minimum Gasteiger partial charge on any atom is -0.394 e. The summed E-state index contributed by atoms with van der Waals surface area (Å²) in [6.45, 7) is 10.4. The molecule has 7 aliphatic rings. The molecular weight excluding hydrogens is 426 g/mol. The van der Waals surface area contributed by atoms with E-state index in [4.69, 9.17) is 14.2 Å². The Morgan fingerprint density at radius 3 is 2.62 bits per heavy atom. The smallest absolute Gasteiger partial charge is 0.170 e. The second-order valence-corrected chi connectivity index (χ2v) is 14.2. The van der Waals surface area contributed by atoms with Crippen LogP contribution in [-0.2, 0) is 14.2 Å². The van der Waals surface area contributed by atoms with Gasteiger partial charge in [0.25, 0.3) is 0 Å². The van der Waals surface area contributed by atoms with Crippen molar-refractivity contribution in [2.75, 3.05) is 26.3 Å². The van der Waals surface area contributed by atoms with Crippen molar-refractivity contribution in [3.8, 4) is 0 Å². The van der Waals surface area contributed by atoms with Gasteiger partial charge >= 0.3 is 0 Å². The van der Waals surface area contributed by atoms with Gasteiger partial charge in [0.2, 0.25) is 0 Å². The normalized spacial score (nSPS) is 57.5. The number of ether oxygens (including phenoxy) is 3. The van der Waals surface area contributed by atoms with Crippen molar-refractivity contribution in [3.05, 3.63) is 0 Å². The summed E-state index contributed by atoms with van der Waals surface area (Å²) in [5, 5.41) is 13.2. The van der Waals surface area contributed by atoms with Gasteiger partial charge < -0.3 is 24.6 Å². The molecule has 7 fully saturated rings. The Kier molecular flexibility index (Phi) is 5.17. The molecule has 0 aromatic heterocycles. The maximum absolute atomic E-state index is 9.72. The van der Waals surface area contributed by atoms with Crippen molar-refractivity contribution in [3.63, 3.8) is 0 Å². The molecule has 2 N–H and O–H groups in total. The van der Waals surface area contributed by atoms with Crippen LogP contribution in [0.3, 0.4) is 0 Å². The van der Waals surface area contributed by atoms with Crippen LogP contribution in [0.1, 0.15) is 86.4 Å². The van der Waals surface area contributed by atoms with Crippen molar-refractivity contribution < 1.29 is 20.7 Å². The third-order valence-electron chi connectivity index (χ3n) is 13.0. The molecule has 10 unspecified atom stereocenters. The van der Waals surface area contributed by atoms with Crippen LogP contribution in [0.15, 0.2) is 0 Å². The van der Waals surface area contributed by atoms with E-state index in [1.165, 1.54) is 57.8 Å². The van der Waals surface area contributed by atoms with Crippen LogP contribution < -0.4 is 5.32 Å². The van der Waals surface area contributed by atoms with Crippen molar-refractivity contribution in [2.45, 2.75) is 110 Å². The molecular formula is C29H49NO4. The van der Waals surface area contributed by atoms with Crippen LogP contribution in [0.2, 0.25) is 0 Å². The van der Waals surface area contributed by atoms with Crippen LogP contribution in [0.4, 0.5) is 0 Å². The second kappa shape index (κ2) is 7.66. The number of rotatable bonds is 3. The Bertz CT molecular complexity index is 819. The van der Waals surface area contributed by atoms with Gasteiger partial charge in [0.05, 0.1) is 31.5 Å². The standard InChI is InChI=1S/C29H47NO4.H2/c1-26(2)23-7-6-19-21-14-22-20(5-4-18(16-31)33-22)27(21,3)10-11-28(19)17-29(23,28)9-8-24(26)34-25-15-30-12-13-32-25;/h18-25,30-31H,4-17H2,1-3H3;1H/t18?,19?,20?,21?,22?,23?,24-,25?,27?,28?,29?;/m0./s1. The number of hydrogen-bond donors (Lipinski definition) is 2. The van der Waals surface area contributed by atoms with Crippen LogP contribution in [-0.4, -0.2) is 56.0 Å². The minimum atomic E-state index is -0.0726. The van der Waals surface area contributed by atoms with Crippen LogP contribution in [0, 0.1) is 45.3 Å². The van der Waals surface area contributed by atoms with Crippen LogP contribution in [0.5, 0.6) is 0 Å². The lowest BCUT2D eigenvalue weighted by Crippen LogP contribution is -2.56. The fourth-order valence-corrected chi connectivity index (χ4v) is 11.5. The summed E-state index contributed by atoms with van der Waals surface area (Å²) >= 11 is 0. The van der Waals surface area contributed by atoms with Crippen molar-refractivity contribution in [1.29, 1.82) is 0 Å². The molecule has 5 saturated carbocycles. The monoisotopic (exact) mass is 475 g/mol. The third kappa shape index (κ3) is 2.91. The van der Waals surface area contributed by atoms with Gasteiger partial charge in [-0.2, -0.15) is 0 Å². The highest BCUT2D eigenvalue weighted by Crippen LogP contribution is 2.87. The zero-order valence-corrected chi connectivity index (χ0v) is 21.7. The average Bonchev–Trinajstić information content (AvgIpc) is 3.41. The van der Waals surface area contributed by atoms with E-state index in [1.807, 2.05) is 0 Å². The quantitative estimate of drug-likeness (QED) is 0.616. The average molecular weight is 476 g/mol. The lowest BCUT2D eigenvalue weighted by molar-refractivity contribution is -0.232. The number of hydrogen-bond acceptors (Lipinski definition) is 5. The predicted octanol–water partition coefficient (Wildman–Crippen LogP) is 4.76. The second-order valence-electron chi connectivity index (χ2n) is 14.2. The van der Waals surface area contributed by atoms with Gasteiger partial charge in [0, 0.05) is 14.5 Å². The van der Waals surface area contributed by atoms with E-state index >= 15 is 0 Å². The molecule has 0 amide bonds. The van der Waals surface area contributed by atoms with E-state index in [9.17, 15) is 5.11 Å². The Labute approximate surface area is 207 Å². The van der Waals surface area contributed by atoms with Gasteiger partial charge in [-0.1, -0.05) is 20.8 Å². The summed E-state index contributed by atoms with van der Waals surface area (Å²) in [5.41, 5.74) is 1.83. The molecule has 2 spiro atoms. The Morgan fingerprint density at radius 1 is 0.971 bits per heavy atom. The molecule has 2 aliphatic heterocycles. The van der Waals surface area contributed by atoms with Gasteiger partial charge in [-0.05, 0) is 110 Å². The third-order valence-corrected chi connectivity index (χ3v) is 13.0. The van der Waals surface area contributed by atoms with Crippen molar-refractivity contribution in [2.24, 2.45) is 45.3 Å². The highest BCUT2D eigenvalue weighted by atomic mass is 16.7. The zero-order valence-electron chi connectivity index (χ0n) is 21.7. The molecule has 2 saturated heterocycles. The summed E-state index contributed by atoms with van der Waals surface area (Å²) in [5.74, 6) is 3.22. The Balaban J connectivity index is 0.00000229. The number of morpholine rings is 1. The minimum absolute atomic E-state index is 0. The topological polar surface area (TPSA) is 60.0 Å². The number of aliphatic hydroxyl groups excluding tert-OH is 1. The van der Waals surface area contributed by atoms with E-state index in [2.05, 4.69) is 26.1 Å². The molecule has 194 valence electrons. The predicted molar refractivity (Wildman–Crippen MR) is 132 cm³/mol. The summed E-state index contributed by atoms with van der Waals surface area (Å²) in [4.78, 5) is 0. The fourth-order valence-electron chi connectivity index (χ4n) is 11.5. The SMILES string of the molecule is CC12CCC34CC35CC[C@H](OC3CNCCO3)C(C)(C)C5CCC4C1CC1OC(CO)CCC12.[HH]. The lowest BCUT2D eigenvalue weighted by Gasteiger charge is -2.60. The highest BCUT2D eigenvalue weighted by Gasteiger charge is 2.80. The first-order chi connectivity index (χ1) is 16.3. The maximum atomic E-state index is 9.72. The Morgan fingerprint density at radius 2 is 1.82 bits per heavy atom. The molecule has 34 heavy (non-hydrogen) atoms. The van der Waals surface area contributed by atoms with E-state index in [0.29, 0.717) is 28.5 Å². The van der Waals surface area contributed by atoms with Gasteiger partial charge in [-0.3, -0.25) is 0 Å². The fraction of sp³-hybridized carbons (Fsp3) is 1.00. The van der Waals surface area contributed by atoms with Crippen molar-refractivity contribution >= 4 is 0 Å². The summed E-state index contributed by atoms with van der Waals surface area (Å²) < 4.78 is 19.1. The summed E-state index contributed by atoms with van der Waals surface area (Å²) in [7, 11) is 0. The Hall–Kier alpha value is -0.200. The first kappa shape index (κ1) is 23.0. The molecule has 2 heterocycles. The molecule has 0 aromatic rings. The maximum Gasteiger partial charge on any atom is 0.170 e. The van der Waals surface area contributed by atoms with Gasteiger partial charge in [0.15, 0.2) is 6.29 Å². The van der Waals surface area contributed by atoms with Gasteiger partial charge in [0.1, 0.15) is 0 Å². The molecule has 0 radical (unpaired) electrons. The first-order valence-corrected chi connectivity index (χ1v) is 14.6. The van der Waals surface area contributed by atoms with Crippen molar-refractivity contribution in [1.82, 2.24) is 5.32 Å². The number of nitrogens with one attached hydrogen (secondary N) is 1. The highest BCUT2D eigenvalue weighted by molar-refractivity contribution is 5.29. The molecule has 5 aliphatic carbocycles. The zero-order chi connectivity index (χ0) is 23.3. The molecule has 7 rings (SSSR count). The van der Waals surface area contributed by atoms with E-state index in [0.717, 1.165) is 49.8 Å². The number of fused-ring (bicyclic) bond motifs is 4. The van der Waals surface area contributed by atoms with E-state index < -0.39 is 0 Å². The molecule has 11 atom stereocenters. The van der Waals surface area contributed by atoms with Gasteiger partial charge in [-0.15, -0.1) is 0 Å². The summed E-state index contributed by atoms with van der Waals surface area (Å²) in [6, 6.07) is 0. The molecule has 0 bridgehead atoms. The van der Waals surface area contributed by atoms with Crippen LogP contribution in [0.25, 0.3) is 0 Å². The lowest BCUT2D eigenvalue weighted by atomic mass is 9.46. The summed E-state index contributed by atoms with van der Waals surface area (Å²) in [6.07, 6.45) is 14.0. The van der Waals surface area contributed by atoms with Gasteiger partial charge in [-0.25, -0.2) is 0 Å². The molecule has 5 heteroatoms. The van der Waals surface area contributed by atoms with E-state index in [1.54, 1.807) is 0 Å². The molecule has 5 nitrogen and oxygen atoms in total.